The summed E-state index contributed by atoms with van der Waals surface area (Å²) in [5.74, 6) is -1.11. The third-order valence-electron chi connectivity index (χ3n) is 4.09. The molecule has 8 heteroatoms. The number of carboxylic acid groups (broad SMARTS) is 1. The molecule has 116 valence electrons. The van der Waals surface area contributed by atoms with Crippen molar-refractivity contribution in [2.75, 3.05) is 6.54 Å². The molecule has 0 aromatic carbocycles. The van der Waals surface area contributed by atoms with Crippen LogP contribution in [0.2, 0.25) is 0 Å². The van der Waals surface area contributed by atoms with Gasteiger partial charge in [0.15, 0.2) is 5.69 Å². The zero-order valence-corrected chi connectivity index (χ0v) is 12.4. The van der Waals surface area contributed by atoms with Crippen molar-refractivity contribution in [3.63, 3.8) is 0 Å². The summed E-state index contributed by atoms with van der Waals surface area (Å²) < 4.78 is 3.33. The van der Waals surface area contributed by atoms with E-state index < -0.39 is 5.97 Å². The Morgan fingerprint density at radius 2 is 2.18 bits per heavy atom. The topological polar surface area (TPSA) is 93.3 Å². The second-order valence-electron chi connectivity index (χ2n) is 5.40. The Morgan fingerprint density at radius 1 is 1.41 bits per heavy atom. The number of carbonyl (C=O) groups is 2. The summed E-state index contributed by atoms with van der Waals surface area (Å²) in [6.07, 6.45) is 5.58. The normalized spacial score (nSPS) is 15.5. The molecule has 3 heterocycles. The number of aryl methyl sites for hydroxylation is 1. The van der Waals surface area contributed by atoms with Crippen LogP contribution >= 0.6 is 0 Å². The minimum atomic E-state index is -1.06. The fraction of sp³-hybridized carbons (Fsp3) is 0.429. The molecular formula is C14H17N5O3. The second kappa shape index (κ2) is 5.28. The average Bonchev–Trinajstić information content (AvgIpc) is 3.14. The molecule has 0 saturated carbocycles. The lowest BCUT2D eigenvalue weighted by atomic mass is 10.0. The first-order chi connectivity index (χ1) is 10.5. The maximum atomic E-state index is 12.6. The van der Waals surface area contributed by atoms with Crippen molar-refractivity contribution in [3.8, 4) is 0 Å². The van der Waals surface area contributed by atoms with Crippen LogP contribution < -0.4 is 0 Å². The highest BCUT2D eigenvalue weighted by molar-refractivity contribution is 5.88. The Labute approximate surface area is 127 Å². The molecule has 0 fully saturated rings. The highest BCUT2D eigenvalue weighted by Crippen LogP contribution is 2.24. The number of carboxylic acids is 1. The molecule has 0 spiro atoms. The Hall–Kier alpha value is -2.64. The van der Waals surface area contributed by atoms with Crippen molar-refractivity contribution in [1.29, 1.82) is 0 Å². The molecule has 0 saturated heterocycles. The number of amides is 1. The summed E-state index contributed by atoms with van der Waals surface area (Å²) in [6, 6.07) is -0.367. The Balaban J connectivity index is 1.85. The van der Waals surface area contributed by atoms with Crippen LogP contribution in [0.1, 0.15) is 34.7 Å². The van der Waals surface area contributed by atoms with E-state index in [9.17, 15) is 14.7 Å². The van der Waals surface area contributed by atoms with Crippen LogP contribution in [-0.2, 0) is 24.8 Å². The lowest BCUT2D eigenvalue weighted by Crippen LogP contribution is -2.40. The van der Waals surface area contributed by atoms with Gasteiger partial charge in [-0.25, -0.2) is 9.78 Å². The standard InChI is InChI=1S/C14H17N5O3/c1-9(19-6-4-15-8-19)13(20)18-5-3-11-10(7-18)12(14(21)22)16-17(11)2/h4,6,8-9H,3,5,7H2,1-2H3,(H,21,22)/t9-/m0/s1. The van der Waals surface area contributed by atoms with E-state index in [0.717, 1.165) is 5.69 Å². The Bertz CT molecular complexity index is 719. The van der Waals surface area contributed by atoms with Gasteiger partial charge in [0, 0.05) is 50.2 Å². The van der Waals surface area contributed by atoms with Crippen LogP contribution in [-0.4, -0.2) is 47.8 Å². The maximum Gasteiger partial charge on any atom is 0.356 e. The molecule has 1 atom stereocenters. The average molecular weight is 303 g/mol. The van der Waals surface area contributed by atoms with Crippen molar-refractivity contribution in [3.05, 3.63) is 35.7 Å². The van der Waals surface area contributed by atoms with E-state index in [1.54, 1.807) is 46.8 Å². The Morgan fingerprint density at radius 3 is 2.82 bits per heavy atom. The van der Waals surface area contributed by atoms with Gasteiger partial charge < -0.3 is 14.6 Å². The summed E-state index contributed by atoms with van der Waals surface area (Å²) >= 11 is 0. The molecule has 0 radical (unpaired) electrons. The van der Waals surface area contributed by atoms with Gasteiger partial charge in [-0.05, 0) is 6.92 Å². The SMILES string of the molecule is C[C@@H](C(=O)N1CCc2c(c(C(=O)O)nn2C)C1)n1ccnc1. The van der Waals surface area contributed by atoms with Crippen LogP contribution in [0.25, 0.3) is 0 Å². The molecule has 8 nitrogen and oxygen atoms in total. The van der Waals surface area contributed by atoms with Gasteiger partial charge >= 0.3 is 5.97 Å². The van der Waals surface area contributed by atoms with Crippen LogP contribution in [0.5, 0.6) is 0 Å². The zero-order valence-electron chi connectivity index (χ0n) is 12.4. The van der Waals surface area contributed by atoms with Gasteiger partial charge in [0.05, 0.1) is 6.33 Å². The first-order valence-electron chi connectivity index (χ1n) is 7.03. The lowest BCUT2D eigenvalue weighted by Gasteiger charge is -2.30. The van der Waals surface area contributed by atoms with Gasteiger partial charge in [0.1, 0.15) is 6.04 Å². The third-order valence-corrected chi connectivity index (χ3v) is 4.09. The summed E-state index contributed by atoms with van der Waals surface area (Å²) in [4.78, 5) is 29.5. The van der Waals surface area contributed by atoms with Crippen molar-refractivity contribution in [2.45, 2.75) is 25.9 Å². The van der Waals surface area contributed by atoms with Crippen molar-refractivity contribution >= 4 is 11.9 Å². The molecular weight excluding hydrogens is 286 g/mol. The van der Waals surface area contributed by atoms with Crippen LogP contribution in [0, 0.1) is 0 Å². The maximum absolute atomic E-state index is 12.6. The van der Waals surface area contributed by atoms with Crippen molar-refractivity contribution in [1.82, 2.24) is 24.2 Å². The van der Waals surface area contributed by atoms with E-state index in [1.165, 1.54) is 0 Å². The number of carbonyl (C=O) groups excluding carboxylic acids is 1. The minimum absolute atomic E-state index is 0.0327. The molecule has 0 aliphatic carbocycles. The van der Waals surface area contributed by atoms with E-state index >= 15 is 0 Å². The number of nitrogens with zero attached hydrogens (tertiary/aromatic N) is 5. The third kappa shape index (κ3) is 2.26. The quantitative estimate of drug-likeness (QED) is 0.889. The molecule has 2 aromatic rings. The second-order valence-corrected chi connectivity index (χ2v) is 5.40. The summed E-state index contributed by atoms with van der Waals surface area (Å²) in [5, 5.41) is 13.3. The minimum Gasteiger partial charge on any atom is -0.476 e. The van der Waals surface area contributed by atoms with Crippen LogP contribution in [0.15, 0.2) is 18.7 Å². The van der Waals surface area contributed by atoms with E-state index in [4.69, 9.17) is 0 Å². The van der Waals surface area contributed by atoms with Gasteiger partial charge in [-0.1, -0.05) is 0 Å². The highest BCUT2D eigenvalue weighted by atomic mass is 16.4. The monoisotopic (exact) mass is 303 g/mol. The van der Waals surface area contributed by atoms with E-state index in [2.05, 4.69) is 10.1 Å². The molecule has 1 aliphatic heterocycles. The first kappa shape index (κ1) is 14.3. The molecule has 3 rings (SSSR count). The number of aromatic carboxylic acids is 1. The molecule has 1 N–H and O–H groups in total. The number of hydrogen-bond donors (Lipinski definition) is 1. The predicted octanol–water partition coefficient (Wildman–Crippen LogP) is 0.461. The van der Waals surface area contributed by atoms with Gasteiger partial charge in [-0.3, -0.25) is 9.48 Å². The number of fused-ring (bicyclic) bond motifs is 1. The lowest BCUT2D eigenvalue weighted by molar-refractivity contribution is -0.135. The number of aromatic nitrogens is 4. The number of imidazole rings is 1. The zero-order chi connectivity index (χ0) is 15.9. The van der Waals surface area contributed by atoms with Crippen LogP contribution in [0.4, 0.5) is 0 Å². The highest BCUT2D eigenvalue weighted by Gasteiger charge is 2.31. The summed E-state index contributed by atoms with van der Waals surface area (Å²) in [7, 11) is 1.73. The summed E-state index contributed by atoms with van der Waals surface area (Å²) in [6.45, 7) is 2.65. The van der Waals surface area contributed by atoms with E-state index in [0.29, 0.717) is 18.5 Å². The van der Waals surface area contributed by atoms with Crippen molar-refractivity contribution in [2.24, 2.45) is 7.05 Å². The fourth-order valence-corrected chi connectivity index (χ4v) is 2.84. The van der Waals surface area contributed by atoms with Gasteiger partial charge in [-0.2, -0.15) is 5.10 Å². The Kier molecular flexibility index (Phi) is 3.44. The predicted molar refractivity (Wildman–Crippen MR) is 76.2 cm³/mol. The smallest absolute Gasteiger partial charge is 0.356 e. The number of hydrogen-bond acceptors (Lipinski definition) is 4. The van der Waals surface area contributed by atoms with Gasteiger partial charge in [0.2, 0.25) is 5.91 Å². The first-order valence-corrected chi connectivity index (χ1v) is 7.03. The van der Waals surface area contributed by atoms with Crippen molar-refractivity contribution < 1.29 is 14.7 Å². The molecule has 2 aromatic heterocycles. The molecule has 22 heavy (non-hydrogen) atoms. The van der Waals surface area contributed by atoms with Gasteiger partial charge in [-0.15, -0.1) is 0 Å². The molecule has 1 amide bonds. The molecule has 0 bridgehead atoms. The van der Waals surface area contributed by atoms with Gasteiger partial charge in [0.25, 0.3) is 0 Å². The number of rotatable bonds is 3. The molecule has 0 unspecified atom stereocenters. The molecule has 1 aliphatic rings. The van der Waals surface area contributed by atoms with E-state index in [-0.39, 0.29) is 24.2 Å². The van der Waals surface area contributed by atoms with Crippen LogP contribution in [0.3, 0.4) is 0 Å². The van der Waals surface area contributed by atoms with E-state index in [1.807, 2.05) is 0 Å². The largest absolute Gasteiger partial charge is 0.476 e. The summed E-state index contributed by atoms with van der Waals surface area (Å²) in [5.41, 5.74) is 1.55. The fourth-order valence-electron chi connectivity index (χ4n) is 2.84.